The predicted molar refractivity (Wildman–Crippen MR) is 115 cm³/mol. The van der Waals surface area contributed by atoms with Crippen LogP contribution in [0.1, 0.15) is 50.9 Å². The number of hydrogen-bond acceptors (Lipinski definition) is 5. The topological polar surface area (TPSA) is 87.7 Å². The monoisotopic (exact) mass is 423 g/mol. The number of carbonyl (C=O) groups excluding carboxylic acids is 1. The maximum Gasteiger partial charge on any atom is 0.251 e. The number of methoxy groups -OCH3 is 1. The molecule has 0 aromatic heterocycles. The largest absolute Gasteiger partial charge is 0.495 e. The standard InChI is InChI=1S/C21H33N3O4S/c1-15(2)8-11-24-12-9-18(10-13-24)22-21(25)17-6-7-19(28-5)20(14-17)29(26,27)23-16(3)4/h6-8,14,16,18,23H,9-13H2,1-5H3,(H,22,25). The van der Waals surface area contributed by atoms with Crippen LogP contribution in [0, 0.1) is 0 Å². The summed E-state index contributed by atoms with van der Waals surface area (Å²) < 4.78 is 32.9. The van der Waals surface area contributed by atoms with Gasteiger partial charge in [-0.25, -0.2) is 13.1 Å². The second-order valence-corrected chi connectivity index (χ2v) is 9.65. The van der Waals surface area contributed by atoms with Gasteiger partial charge in [0.25, 0.3) is 5.91 Å². The molecule has 29 heavy (non-hydrogen) atoms. The molecule has 2 rings (SSSR count). The molecule has 162 valence electrons. The van der Waals surface area contributed by atoms with Gasteiger partial charge < -0.3 is 10.1 Å². The summed E-state index contributed by atoms with van der Waals surface area (Å²) in [6, 6.07) is 4.31. The smallest absolute Gasteiger partial charge is 0.251 e. The fourth-order valence-electron chi connectivity index (χ4n) is 3.24. The molecule has 2 N–H and O–H groups in total. The molecule has 0 bridgehead atoms. The molecule has 1 heterocycles. The summed E-state index contributed by atoms with van der Waals surface area (Å²) in [7, 11) is -2.37. The van der Waals surface area contributed by atoms with Gasteiger partial charge in [0.1, 0.15) is 10.6 Å². The average Bonchev–Trinajstić information content (AvgIpc) is 2.65. The maximum absolute atomic E-state index is 12.7. The van der Waals surface area contributed by atoms with E-state index in [4.69, 9.17) is 4.74 Å². The first-order valence-electron chi connectivity index (χ1n) is 9.99. The van der Waals surface area contributed by atoms with Crippen LogP contribution in [0.5, 0.6) is 5.75 Å². The first kappa shape index (κ1) is 23.4. The van der Waals surface area contributed by atoms with Crippen molar-refractivity contribution in [2.75, 3.05) is 26.7 Å². The molecule has 1 amide bonds. The summed E-state index contributed by atoms with van der Waals surface area (Å²) in [6.45, 7) is 10.4. The van der Waals surface area contributed by atoms with Gasteiger partial charge in [-0.05, 0) is 58.7 Å². The van der Waals surface area contributed by atoms with E-state index in [1.165, 1.54) is 24.8 Å². The summed E-state index contributed by atoms with van der Waals surface area (Å²) in [6.07, 6.45) is 3.96. The van der Waals surface area contributed by atoms with E-state index in [1.54, 1.807) is 19.9 Å². The van der Waals surface area contributed by atoms with E-state index < -0.39 is 10.0 Å². The minimum Gasteiger partial charge on any atom is -0.495 e. The van der Waals surface area contributed by atoms with Crippen molar-refractivity contribution in [3.05, 3.63) is 35.4 Å². The van der Waals surface area contributed by atoms with Crippen LogP contribution in [0.25, 0.3) is 0 Å². The molecule has 1 saturated heterocycles. The summed E-state index contributed by atoms with van der Waals surface area (Å²) in [5.41, 5.74) is 1.61. The van der Waals surface area contributed by atoms with E-state index in [0.29, 0.717) is 5.56 Å². The number of nitrogens with zero attached hydrogens (tertiary/aromatic N) is 1. The Labute approximate surface area is 174 Å². The Morgan fingerprint density at radius 3 is 2.48 bits per heavy atom. The molecule has 0 unspecified atom stereocenters. The third-order valence-electron chi connectivity index (χ3n) is 4.79. The van der Waals surface area contributed by atoms with Crippen molar-refractivity contribution in [3.8, 4) is 5.75 Å². The van der Waals surface area contributed by atoms with Crippen molar-refractivity contribution in [2.24, 2.45) is 0 Å². The van der Waals surface area contributed by atoms with E-state index in [1.807, 2.05) is 0 Å². The predicted octanol–water partition coefficient (Wildman–Crippen LogP) is 2.54. The number of allylic oxidation sites excluding steroid dienone is 1. The third-order valence-corrected chi connectivity index (χ3v) is 6.47. The molecule has 1 fully saturated rings. The lowest BCUT2D eigenvalue weighted by atomic mass is 10.0. The zero-order valence-corrected chi connectivity index (χ0v) is 18.8. The van der Waals surface area contributed by atoms with Gasteiger partial charge in [0.15, 0.2) is 0 Å². The fourth-order valence-corrected chi connectivity index (χ4v) is 4.69. The lowest BCUT2D eigenvalue weighted by Gasteiger charge is -2.31. The van der Waals surface area contributed by atoms with Crippen molar-refractivity contribution in [1.82, 2.24) is 14.9 Å². The Balaban J connectivity index is 2.06. The van der Waals surface area contributed by atoms with Crippen LogP contribution in [-0.4, -0.2) is 58.1 Å². The molecule has 7 nitrogen and oxygen atoms in total. The normalized spacial score (nSPS) is 15.9. The number of benzene rings is 1. The van der Waals surface area contributed by atoms with Gasteiger partial charge in [0.2, 0.25) is 10.0 Å². The molecule has 0 radical (unpaired) electrons. The number of rotatable bonds is 8. The lowest BCUT2D eigenvalue weighted by molar-refractivity contribution is 0.0914. The molecule has 1 aromatic rings. The Kier molecular flexibility index (Phi) is 8.24. The number of hydrogen-bond donors (Lipinski definition) is 2. The number of carbonyl (C=O) groups is 1. The Morgan fingerprint density at radius 2 is 1.93 bits per heavy atom. The molecule has 1 aliphatic rings. The number of sulfonamides is 1. The molecular weight excluding hydrogens is 390 g/mol. The Bertz CT molecular complexity index is 837. The molecule has 8 heteroatoms. The highest BCUT2D eigenvalue weighted by molar-refractivity contribution is 7.89. The molecule has 0 spiro atoms. The molecule has 1 aliphatic heterocycles. The van der Waals surface area contributed by atoms with E-state index in [9.17, 15) is 13.2 Å². The Hall–Kier alpha value is -1.90. The SMILES string of the molecule is COc1ccc(C(=O)NC2CCN(CC=C(C)C)CC2)cc1S(=O)(=O)NC(C)C. The zero-order valence-electron chi connectivity index (χ0n) is 18.0. The highest BCUT2D eigenvalue weighted by Gasteiger charge is 2.24. The summed E-state index contributed by atoms with van der Waals surface area (Å²) in [4.78, 5) is 15.1. The van der Waals surface area contributed by atoms with Crippen molar-refractivity contribution in [3.63, 3.8) is 0 Å². The highest BCUT2D eigenvalue weighted by atomic mass is 32.2. The number of piperidine rings is 1. The van der Waals surface area contributed by atoms with E-state index in [0.717, 1.165) is 32.5 Å². The minimum absolute atomic E-state index is 0.0297. The number of amides is 1. The second-order valence-electron chi connectivity index (χ2n) is 7.97. The second kappa shape index (κ2) is 10.2. The quantitative estimate of drug-likeness (QED) is 0.628. The van der Waals surface area contributed by atoms with Crippen LogP contribution in [0.2, 0.25) is 0 Å². The van der Waals surface area contributed by atoms with Crippen LogP contribution in [0.4, 0.5) is 0 Å². The van der Waals surface area contributed by atoms with Crippen molar-refractivity contribution in [2.45, 2.75) is 57.5 Å². The van der Waals surface area contributed by atoms with Crippen molar-refractivity contribution in [1.29, 1.82) is 0 Å². The third kappa shape index (κ3) is 6.83. The molecule has 0 saturated carbocycles. The van der Waals surface area contributed by atoms with E-state index in [-0.39, 0.29) is 28.6 Å². The van der Waals surface area contributed by atoms with Gasteiger partial charge in [-0.2, -0.15) is 0 Å². The zero-order chi connectivity index (χ0) is 21.6. The summed E-state index contributed by atoms with van der Waals surface area (Å²) >= 11 is 0. The molecule has 0 aliphatic carbocycles. The first-order chi connectivity index (χ1) is 13.6. The lowest BCUT2D eigenvalue weighted by Crippen LogP contribution is -2.44. The van der Waals surface area contributed by atoms with Crippen LogP contribution >= 0.6 is 0 Å². The number of ether oxygens (including phenoxy) is 1. The Morgan fingerprint density at radius 1 is 1.28 bits per heavy atom. The minimum atomic E-state index is -3.78. The van der Waals surface area contributed by atoms with Gasteiger partial charge in [-0.3, -0.25) is 9.69 Å². The van der Waals surface area contributed by atoms with Crippen LogP contribution in [0.3, 0.4) is 0 Å². The average molecular weight is 424 g/mol. The van der Waals surface area contributed by atoms with Gasteiger partial charge in [-0.15, -0.1) is 0 Å². The van der Waals surface area contributed by atoms with Gasteiger partial charge in [-0.1, -0.05) is 11.6 Å². The number of likely N-dealkylation sites (tertiary alicyclic amines) is 1. The van der Waals surface area contributed by atoms with Gasteiger partial charge in [0.05, 0.1) is 7.11 Å². The maximum atomic E-state index is 12.7. The van der Waals surface area contributed by atoms with Crippen molar-refractivity contribution < 1.29 is 17.9 Å². The van der Waals surface area contributed by atoms with Crippen LogP contribution < -0.4 is 14.8 Å². The molecular formula is C21H33N3O4S. The van der Waals surface area contributed by atoms with Gasteiger partial charge >= 0.3 is 0 Å². The first-order valence-corrected chi connectivity index (χ1v) is 11.5. The van der Waals surface area contributed by atoms with Crippen molar-refractivity contribution >= 4 is 15.9 Å². The van der Waals surface area contributed by atoms with Gasteiger partial charge in [0, 0.05) is 37.3 Å². The van der Waals surface area contributed by atoms with Crippen LogP contribution in [-0.2, 0) is 10.0 Å². The van der Waals surface area contributed by atoms with Crippen LogP contribution in [0.15, 0.2) is 34.7 Å². The van der Waals surface area contributed by atoms with E-state index in [2.05, 4.69) is 34.9 Å². The summed E-state index contributed by atoms with van der Waals surface area (Å²) in [5.74, 6) is -0.0568. The molecule has 1 aromatic carbocycles. The van der Waals surface area contributed by atoms with E-state index >= 15 is 0 Å². The fraction of sp³-hybridized carbons (Fsp3) is 0.571. The molecule has 0 atom stereocenters. The number of nitrogens with one attached hydrogen (secondary N) is 2. The highest BCUT2D eigenvalue weighted by Crippen LogP contribution is 2.25. The summed E-state index contributed by atoms with van der Waals surface area (Å²) in [5, 5.41) is 3.04.